The molecule has 1 unspecified atom stereocenters. The van der Waals surface area contributed by atoms with E-state index in [1.54, 1.807) is 7.11 Å². The Bertz CT molecular complexity index is 464. The van der Waals surface area contributed by atoms with E-state index in [9.17, 15) is 9.90 Å². The molecule has 0 amide bonds. The monoisotopic (exact) mass is 323 g/mol. The number of esters is 1. The first-order chi connectivity index (χ1) is 11.1. The molecule has 0 aliphatic rings. The number of aryl methyl sites for hydroxylation is 1. The summed E-state index contributed by atoms with van der Waals surface area (Å²) in [4.78, 5) is 13.5. The highest BCUT2D eigenvalue weighted by atomic mass is 16.5. The van der Waals surface area contributed by atoms with Crippen molar-refractivity contribution in [2.75, 3.05) is 33.4 Å². The van der Waals surface area contributed by atoms with Crippen molar-refractivity contribution >= 4 is 5.97 Å². The minimum atomic E-state index is -0.698. The summed E-state index contributed by atoms with van der Waals surface area (Å²) in [6.45, 7) is 6.52. The van der Waals surface area contributed by atoms with Crippen LogP contribution in [-0.4, -0.2) is 55.5 Å². The number of rotatable bonds is 11. The second-order valence-corrected chi connectivity index (χ2v) is 5.74. The predicted octanol–water partition coefficient (Wildman–Crippen LogP) is 2.15. The van der Waals surface area contributed by atoms with Crippen LogP contribution in [0.5, 0.6) is 0 Å². The Hall–Kier alpha value is -1.43. The second-order valence-electron chi connectivity index (χ2n) is 5.74. The van der Waals surface area contributed by atoms with Crippen LogP contribution in [0.2, 0.25) is 0 Å². The topological polar surface area (TPSA) is 59.0 Å². The highest BCUT2D eigenvalue weighted by molar-refractivity contribution is 5.69. The fourth-order valence-electron chi connectivity index (χ4n) is 2.30. The number of methoxy groups -OCH3 is 1. The van der Waals surface area contributed by atoms with Crippen LogP contribution in [0.25, 0.3) is 0 Å². The number of carbonyl (C=O) groups excluding carboxylic acids is 1. The summed E-state index contributed by atoms with van der Waals surface area (Å²) in [5, 5.41) is 10.1. The van der Waals surface area contributed by atoms with Gasteiger partial charge in [0.05, 0.1) is 6.61 Å². The van der Waals surface area contributed by atoms with Gasteiger partial charge in [-0.15, -0.1) is 0 Å². The third kappa shape index (κ3) is 8.11. The molecule has 1 aromatic carbocycles. The molecule has 5 heteroatoms. The van der Waals surface area contributed by atoms with Gasteiger partial charge in [0.1, 0.15) is 12.7 Å². The zero-order chi connectivity index (χ0) is 17.1. The molecule has 23 heavy (non-hydrogen) atoms. The lowest BCUT2D eigenvalue weighted by Crippen LogP contribution is -2.37. The molecule has 0 aliphatic heterocycles. The van der Waals surface area contributed by atoms with Gasteiger partial charge in [-0.05, 0) is 24.5 Å². The maximum absolute atomic E-state index is 11.4. The number of carbonyl (C=O) groups is 1. The minimum Gasteiger partial charge on any atom is -0.463 e. The van der Waals surface area contributed by atoms with Crippen molar-refractivity contribution in [3.8, 4) is 0 Å². The molecular formula is C18H29NO4. The van der Waals surface area contributed by atoms with Crippen molar-refractivity contribution in [2.24, 2.45) is 0 Å². The van der Waals surface area contributed by atoms with E-state index in [2.05, 4.69) is 24.0 Å². The van der Waals surface area contributed by atoms with Gasteiger partial charge in [-0.2, -0.15) is 0 Å². The third-order valence-corrected chi connectivity index (χ3v) is 3.63. The first kappa shape index (κ1) is 19.6. The molecule has 1 atom stereocenters. The molecule has 1 rings (SSSR count). The molecule has 130 valence electrons. The number of hydrogen-bond acceptors (Lipinski definition) is 5. The highest BCUT2D eigenvalue weighted by Gasteiger charge is 2.15. The first-order valence-corrected chi connectivity index (χ1v) is 8.16. The zero-order valence-corrected chi connectivity index (χ0v) is 14.5. The molecule has 0 heterocycles. The Labute approximate surface area is 139 Å². The standard InChI is InChI=1S/C18H29NO4/c1-4-7-18(21)23-14-17(20)13-19(10-11-22-3)12-16-9-6-5-8-15(16)2/h5-6,8-9,17,20H,4,7,10-14H2,1-3H3. The van der Waals surface area contributed by atoms with Gasteiger partial charge in [0.25, 0.3) is 0 Å². The molecule has 0 spiro atoms. The van der Waals surface area contributed by atoms with Gasteiger partial charge >= 0.3 is 5.97 Å². The zero-order valence-electron chi connectivity index (χ0n) is 14.5. The molecule has 0 aliphatic carbocycles. The van der Waals surface area contributed by atoms with Crippen LogP contribution in [0.15, 0.2) is 24.3 Å². The Kier molecular flexibility index (Phi) is 9.52. The van der Waals surface area contributed by atoms with Crippen molar-refractivity contribution in [3.63, 3.8) is 0 Å². The molecular weight excluding hydrogens is 294 g/mol. The summed E-state index contributed by atoms with van der Waals surface area (Å²) in [5.41, 5.74) is 2.44. The van der Waals surface area contributed by atoms with E-state index in [0.717, 1.165) is 13.0 Å². The van der Waals surface area contributed by atoms with Crippen molar-refractivity contribution in [2.45, 2.75) is 39.3 Å². The van der Waals surface area contributed by atoms with Crippen LogP contribution >= 0.6 is 0 Å². The van der Waals surface area contributed by atoms with Crippen molar-refractivity contribution < 1.29 is 19.4 Å². The van der Waals surface area contributed by atoms with E-state index < -0.39 is 6.10 Å². The van der Waals surface area contributed by atoms with Crippen LogP contribution in [0, 0.1) is 6.92 Å². The maximum Gasteiger partial charge on any atom is 0.305 e. The fraction of sp³-hybridized carbons (Fsp3) is 0.611. The molecule has 1 aromatic rings. The number of aliphatic hydroxyl groups excluding tert-OH is 1. The van der Waals surface area contributed by atoms with Crippen LogP contribution in [0.3, 0.4) is 0 Å². The van der Waals surface area contributed by atoms with Gasteiger partial charge in [0, 0.05) is 33.2 Å². The van der Waals surface area contributed by atoms with Crippen LogP contribution < -0.4 is 0 Å². The van der Waals surface area contributed by atoms with Crippen molar-refractivity contribution in [1.29, 1.82) is 0 Å². The van der Waals surface area contributed by atoms with Gasteiger partial charge in [0.2, 0.25) is 0 Å². The largest absolute Gasteiger partial charge is 0.463 e. The van der Waals surface area contributed by atoms with Gasteiger partial charge in [-0.3, -0.25) is 9.69 Å². The third-order valence-electron chi connectivity index (χ3n) is 3.63. The number of hydrogen-bond donors (Lipinski definition) is 1. The van der Waals surface area contributed by atoms with Gasteiger partial charge in [-0.25, -0.2) is 0 Å². The Morgan fingerprint density at radius 2 is 2.09 bits per heavy atom. The molecule has 0 saturated heterocycles. The highest BCUT2D eigenvalue weighted by Crippen LogP contribution is 2.11. The maximum atomic E-state index is 11.4. The number of aliphatic hydroxyl groups is 1. The lowest BCUT2D eigenvalue weighted by Gasteiger charge is -2.25. The Morgan fingerprint density at radius 1 is 1.35 bits per heavy atom. The van der Waals surface area contributed by atoms with E-state index >= 15 is 0 Å². The molecule has 0 aromatic heterocycles. The molecule has 1 N–H and O–H groups in total. The average Bonchev–Trinajstić information content (AvgIpc) is 2.53. The summed E-state index contributed by atoms with van der Waals surface area (Å²) in [6, 6.07) is 8.19. The fourth-order valence-corrected chi connectivity index (χ4v) is 2.30. The summed E-state index contributed by atoms with van der Waals surface area (Å²) in [5.74, 6) is -0.256. The summed E-state index contributed by atoms with van der Waals surface area (Å²) in [6.07, 6.45) is 0.447. The van der Waals surface area contributed by atoms with Gasteiger partial charge in [0.15, 0.2) is 0 Å². The van der Waals surface area contributed by atoms with E-state index in [4.69, 9.17) is 9.47 Å². The lowest BCUT2D eigenvalue weighted by atomic mass is 10.1. The molecule has 0 radical (unpaired) electrons. The Balaban J connectivity index is 2.53. The molecule has 5 nitrogen and oxygen atoms in total. The molecule has 0 bridgehead atoms. The smallest absolute Gasteiger partial charge is 0.305 e. The summed E-state index contributed by atoms with van der Waals surface area (Å²) in [7, 11) is 1.66. The van der Waals surface area contributed by atoms with Crippen molar-refractivity contribution in [3.05, 3.63) is 35.4 Å². The van der Waals surface area contributed by atoms with Crippen LogP contribution in [0.1, 0.15) is 30.9 Å². The number of benzene rings is 1. The van der Waals surface area contributed by atoms with E-state index in [1.165, 1.54) is 11.1 Å². The van der Waals surface area contributed by atoms with E-state index in [-0.39, 0.29) is 12.6 Å². The average molecular weight is 323 g/mol. The van der Waals surface area contributed by atoms with Gasteiger partial charge < -0.3 is 14.6 Å². The predicted molar refractivity (Wildman–Crippen MR) is 90.2 cm³/mol. The molecule has 0 fully saturated rings. The minimum absolute atomic E-state index is 0.0378. The van der Waals surface area contributed by atoms with Gasteiger partial charge in [-0.1, -0.05) is 31.2 Å². The SMILES string of the molecule is CCCC(=O)OCC(O)CN(CCOC)Cc1ccccc1C. The van der Waals surface area contributed by atoms with Crippen LogP contribution in [-0.2, 0) is 20.8 Å². The summed E-state index contributed by atoms with van der Waals surface area (Å²) >= 11 is 0. The number of ether oxygens (including phenoxy) is 2. The number of nitrogens with zero attached hydrogens (tertiary/aromatic N) is 1. The van der Waals surface area contributed by atoms with E-state index in [0.29, 0.717) is 26.1 Å². The normalized spacial score (nSPS) is 12.4. The quantitative estimate of drug-likeness (QED) is 0.632. The van der Waals surface area contributed by atoms with Crippen molar-refractivity contribution in [1.82, 2.24) is 4.90 Å². The Morgan fingerprint density at radius 3 is 2.74 bits per heavy atom. The lowest BCUT2D eigenvalue weighted by molar-refractivity contribution is -0.147. The second kappa shape index (κ2) is 11.2. The van der Waals surface area contributed by atoms with E-state index in [1.807, 2.05) is 19.1 Å². The summed E-state index contributed by atoms with van der Waals surface area (Å²) < 4.78 is 10.2. The van der Waals surface area contributed by atoms with Crippen LogP contribution in [0.4, 0.5) is 0 Å². The molecule has 0 saturated carbocycles. The first-order valence-electron chi connectivity index (χ1n) is 8.16.